The summed E-state index contributed by atoms with van der Waals surface area (Å²) in [5, 5.41) is 0.453. The normalized spacial score (nSPS) is 17.6. The standard InChI is InChI=1S/C15H21N3O2S/c1-4-9-17(3)13(19)10-12-15(20)18(5-2)11-7-6-8-16-14(11)21-12/h6-8,12H,4-5,9-10H2,1-3H3. The molecule has 2 rings (SSSR count). The van der Waals surface area contributed by atoms with Crippen LogP contribution in [0.1, 0.15) is 26.7 Å². The Kier molecular flexibility index (Phi) is 5.22. The molecule has 2 heterocycles. The third kappa shape index (κ3) is 3.37. The first-order valence-corrected chi connectivity index (χ1v) is 8.13. The van der Waals surface area contributed by atoms with Crippen LogP contribution >= 0.6 is 11.8 Å². The van der Waals surface area contributed by atoms with Gasteiger partial charge in [0.2, 0.25) is 11.8 Å². The highest BCUT2D eigenvalue weighted by Crippen LogP contribution is 2.38. The van der Waals surface area contributed by atoms with Gasteiger partial charge in [0.25, 0.3) is 0 Å². The van der Waals surface area contributed by atoms with E-state index < -0.39 is 0 Å². The molecule has 0 saturated heterocycles. The zero-order valence-corrected chi connectivity index (χ0v) is 13.5. The SMILES string of the molecule is CCCN(C)C(=O)CC1Sc2ncccc2N(CC)C1=O. The van der Waals surface area contributed by atoms with Crippen molar-refractivity contribution in [1.29, 1.82) is 0 Å². The Balaban J connectivity index is 2.16. The first-order chi connectivity index (χ1) is 10.1. The monoisotopic (exact) mass is 307 g/mol. The molecule has 0 fully saturated rings. The van der Waals surface area contributed by atoms with Crippen molar-refractivity contribution >= 4 is 29.3 Å². The van der Waals surface area contributed by atoms with Crippen LogP contribution in [-0.2, 0) is 9.59 Å². The van der Waals surface area contributed by atoms with Crippen LogP contribution < -0.4 is 4.90 Å². The van der Waals surface area contributed by atoms with Crippen molar-refractivity contribution in [3.8, 4) is 0 Å². The van der Waals surface area contributed by atoms with E-state index in [1.807, 2.05) is 26.0 Å². The number of hydrogen-bond donors (Lipinski definition) is 0. The van der Waals surface area contributed by atoms with Gasteiger partial charge in [0.05, 0.1) is 10.9 Å². The Morgan fingerprint density at radius 1 is 1.48 bits per heavy atom. The highest BCUT2D eigenvalue weighted by Gasteiger charge is 2.35. The van der Waals surface area contributed by atoms with Gasteiger partial charge in [-0.2, -0.15) is 0 Å². The van der Waals surface area contributed by atoms with Crippen LogP contribution in [0.2, 0.25) is 0 Å². The maximum Gasteiger partial charge on any atom is 0.241 e. The van der Waals surface area contributed by atoms with Gasteiger partial charge < -0.3 is 9.80 Å². The molecule has 6 heteroatoms. The Morgan fingerprint density at radius 3 is 2.90 bits per heavy atom. The summed E-state index contributed by atoms with van der Waals surface area (Å²) < 4.78 is 0. The lowest BCUT2D eigenvalue weighted by molar-refractivity contribution is -0.131. The average Bonchev–Trinajstić information content (AvgIpc) is 2.48. The number of carbonyl (C=O) groups is 2. The summed E-state index contributed by atoms with van der Waals surface area (Å²) in [5.41, 5.74) is 0.848. The summed E-state index contributed by atoms with van der Waals surface area (Å²) in [6, 6.07) is 3.73. The molecule has 0 aliphatic carbocycles. The van der Waals surface area contributed by atoms with E-state index in [4.69, 9.17) is 0 Å². The summed E-state index contributed by atoms with van der Waals surface area (Å²) in [7, 11) is 1.79. The number of nitrogens with zero attached hydrogens (tertiary/aromatic N) is 3. The molecule has 2 amide bonds. The molecule has 1 atom stereocenters. The molecule has 1 aromatic rings. The van der Waals surface area contributed by atoms with E-state index in [-0.39, 0.29) is 23.5 Å². The lowest BCUT2D eigenvalue weighted by atomic mass is 10.2. The molecule has 0 N–H and O–H groups in total. The molecule has 0 bridgehead atoms. The minimum atomic E-state index is -0.376. The number of hydrogen-bond acceptors (Lipinski definition) is 4. The molecule has 0 saturated carbocycles. The second-order valence-electron chi connectivity index (χ2n) is 5.04. The second kappa shape index (κ2) is 6.93. The summed E-state index contributed by atoms with van der Waals surface area (Å²) in [5.74, 6) is 0.0133. The first-order valence-electron chi connectivity index (χ1n) is 7.25. The van der Waals surface area contributed by atoms with E-state index in [0.29, 0.717) is 6.54 Å². The van der Waals surface area contributed by atoms with Crippen LogP contribution in [0.3, 0.4) is 0 Å². The summed E-state index contributed by atoms with van der Waals surface area (Å²) >= 11 is 1.40. The molecule has 1 unspecified atom stereocenters. The predicted molar refractivity (Wildman–Crippen MR) is 84.5 cm³/mol. The van der Waals surface area contributed by atoms with E-state index in [1.165, 1.54) is 11.8 Å². The van der Waals surface area contributed by atoms with Crippen molar-refractivity contribution in [2.24, 2.45) is 0 Å². The molecular weight excluding hydrogens is 286 g/mol. The first kappa shape index (κ1) is 15.8. The number of rotatable bonds is 5. The van der Waals surface area contributed by atoms with Crippen LogP contribution in [0, 0.1) is 0 Å². The summed E-state index contributed by atoms with van der Waals surface area (Å²) in [6.45, 7) is 5.28. The second-order valence-corrected chi connectivity index (χ2v) is 6.23. The molecule has 1 aliphatic rings. The minimum Gasteiger partial charge on any atom is -0.346 e. The number of thioether (sulfide) groups is 1. The Bertz CT molecular complexity index is 535. The van der Waals surface area contributed by atoms with Crippen molar-refractivity contribution in [3.05, 3.63) is 18.3 Å². The van der Waals surface area contributed by atoms with Gasteiger partial charge in [-0.15, -0.1) is 0 Å². The van der Waals surface area contributed by atoms with Crippen LogP contribution in [0.5, 0.6) is 0 Å². The van der Waals surface area contributed by atoms with Gasteiger partial charge >= 0.3 is 0 Å². The zero-order valence-electron chi connectivity index (χ0n) is 12.7. The topological polar surface area (TPSA) is 53.5 Å². The van der Waals surface area contributed by atoms with Gasteiger partial charge in [-0.1, -0.05) is 18.7 Å². The maximum absolute atomic E-state index is 12.5. The van der Waals surface area contributed by atoms with Gasteiger partial charge in [-0.3, -0.25) is 9.59 Å². The highest BCUT2D eigenvalue weighted by molar-refractivity contribution is 8.00. The van der Waals surface area contributed by atoms with E-state index in [9.17, 15) is 9.59 Å². The van der Waals surface area contributed by atoms with Crippen molar-refractivity contribution < 1.29 is 9.59 Å². The zero-order chi connectivity index (χ0) is 15.4. The molecule has 1 aromatic heterocycles. The molecule has 1 aliphatic heterocycles. The van der Waals surface area contributed by atoms with Crippen LogP contribution in [0.15, 0.2) is 23.4 Å². The molecular formula is C15H21N3O2S. The van der Waals surface area contributed by atoms with Gasteiger partial charge in [-0.05, 0) is 25.5 Å². The van der Waals surface area contributed by atoms with E-state index in [1.54, 1.807) is 23.0 Å². The molecule has 114 valence electrons. The van der Waals surface area contributed by atoms with E-state index in [2.05, 4.69) is 4.98 Å². The van der Waals surface area contributed by atoms with E-state index >= 15 is 0 Å². The quantitative estimate of drug-likeness (QED) is 0.836. The van der Waals surface area contributed by atoms with Gasteiger partial charge in [-0.25, -0.2) is 4.98 Å². The van der Waals surface area contributed by atoms with Gasteiger partial charge in [0, 0.05) is 32.8 Å². The van der Waals surface area contributed by atoms with Crippen LogP contribution in [-0.4, -0.2) is 47.1 Å². The third-order valence-corrected chi connectivity index (χ3v) is 4.69. The van der Waals surface area contributed by atoms with Crippen molar-refractivity contribution in [1.82, 2.24) is 9.88 Å². The van der Waals surface area contributed by atoms with E-state index in [0.717, 1.165) is 23.7 Å². The fourth-order valence-electron chi connectivity index (χ4n) is 2.39. The van der Waals surface area contributed by atoms with Crippen LogP contribution in [0.4, 0.5) is 5.69 Å². The minimum absolute atomic E-state index is 0.00116. The Hall–Kier alpha value is -1.56. The molecule has 0 aromatic carbocycles. The molecule has 21 heavy (non-hydrogen) atoms. The average molecular weight is 307 g/mol. The molecule has 0 radical (unpaired) electrons. The van der Waals surface area contributed by atoms with Crippen molar-refractivity contribution in [2.45, 2.75) is 37.0 Å². The number of amides is 2. The smallest absolute Gasteiger partial charge is 0.241 e. The Morgan fingerprint density at radius 2 is 2.24 bits per heavy atom. The predicted octanol–water partition coefficient (Wildman–Crippen LogP) is 2.17. The number of pyridine rings is 1. The number of fused-ring (bicyclic) bond motifs is 1. The summed E-state index contributed by atoms with van der Waals surface area (Å²) in [6.07, 6.45) is 2.86. The van der Waals surface area contributed by atoms with Crippen molar-refractivity contribution in [2.75, 3.05) is 25.0 Å². The lowest BCUT2D eigenvalue weighted by Crippen LogP contribution is -2.43. The van der Waals surface area contributed by atoms with Gasteiger partial charge in [0.15, 0.2) is 0 Å². The van der Waals surface area contributed by atoms with Gasteiger partial charge in [0.1, 0.15) is 5.03 Å². The number of carbonyl (C=O) groups excluding carboxylic acids is 2. The largest absolute Gasteiger partial charge is 0.346 e. The third-order valence-electron chi connectivity index (χ3n) is 3.50. The fourth-order valence-corrected chi connectivity index (χ4v) is 3.53. The lowest BCUT2D eigenvalue weighted by Gasteiger charge is -2.32. The Labute approximate surface area is 129 Å². The highest BCUT2D eigenvalue weighted by atomic mass is 32.2. The number of anilines is 1. The van der Waals surface area contributed by atoms with Crippen molar-refractivity contribution in [3.63, 3.8) is 0 Å². The fraction of sp³-hybridized carbons (Fsp3) is 0.533. The number of aromatic nitrogens is 1. The summed E-state index contributed by atoms with van der Waals surface area (Å²) in [4.78, 5) is 32.5. The van der Waals surface area contributed by atoms with Crippen LogP contribution in [0.25, 0.3) is 0 Å². The molecule has 0 spiro atoms. The molecule has 5 nitrogen and oxygen atoms in total. The maximum atomic E-state index is 12.5.